The molecule has 1 unspecified atom stereocenters. The molecule has 0 radical (unpaired) electrons. The minimum Gasteiger partial charge on any atom is -0.497 e. The van der Waals surface area contributed by atoms with Crippen LogP contribution in [0, 0.1) is 12.7 Å². The van der Waals surface area contributed by atoms with Gasteiger partial charge in [0.25, 0.3) is 5.89 Å². The number of allylic oxidation sites excluding steroid dienone is 1. The number of ether oxygens (including phenoxy) is 1. The molecule has 2 heterocycles. The van der Waals surface area contributed by atoms with Crippen molar-refractivity contribution in [1.82, 2.24) is 15.5 Å². The van der Waals surface area contributed by atoms with Crippen LogP contribution in [-0.4, -0.2) is 22.4 Å². The number of methoxy groups -OCH3 is 1. The third-order valence-electron chi connectivity index (χ3n) is 5.93. The second-order valence-corrected chi connectivity index (χ2v) is 8.65. The van der Waals surface area contributed by atoms with Crippen LogP contribution in [0.25, 0.3) is 17.0 Å². The maximum atomic E-state index is 13.4. The van der Waals surface area contributed by atoms with Crippen molar-refractivity contribution in [2.45, 2.75) is 19.9 Å². The molecule has 4 aromatic rings. The largest absolute Gasteiger partial charge is 0.497 e. The highest BCUT2D eigenvalue weighted by atomic mass is 32.1. The molecule has 3 aromatic carbocycles. The summed E-state index contributed by atoms with van der Waals surface area (Å²) in [4.78, 5) is 6.64. The van der Waals surface area contributed by atoms with E-state index < -0.39 is 0 Å². The summed E-state index contributed by atoms with van der Waals surface area (Å²) in [5.74, 6) is 1.13. The van der Waals surface area contributed by atoms with Gasteiger partial charge in [0.2, 0.25) is 5.82 Å². The molecule has 0 amide bonds. The summed E-state index contributed by atoms with van der Waals surface area (Å²) >= 11 is 5.81. The van der Waals surface area contributed by atoms with Gasteiger partial charge >= 0.3 is 0 Å². The Morgan fingerprint density at radius 3 is 2.54 bits per heavy atom. The number of rotatable bonds is 5. The molecule has 0 saturated heterocycles. The lowest BCUT2D eigenvalue weighted by Gasteiger charge is -2.37. The standard InChI is InChI=1S/C27H23FN4O2S/c1-16-6-4-8-21(14-16)32-17(2)23(24(29-27(32)35)19-7-5-9-22(15-19)33-3)26-30-25(31-34-26)18-10-12-20(28)13-11-18/h4-15,24H,1-3H3,(H,29,35). The van der Waals surface area contributed by atoms with Crippen molar-refractivity contribution in [3.63, 3.8) is 0 Å². The van der Waals surface area contributed by atoms with Gasteiger partial charge < -0.3 is 14.6 Å². The van der Waals surface area contributed by atoms with Crippen LogP contribution in [-0.2, 0) is 0 Å². The lowest BCUT2D eigenvalue weighted by molar-refractivity contribution is 0.403. The van der Waals surface area contributed by atoms with Gasteiger partial charge in [0.1, 0.15) is 11.6 Å². The second kappa shape index (κ2) is 9.31. The number of hydrogen-bond acceptors (Lipinski definition) is 5. The highest BCUT2D eigenvalue weighted by Gasteiger charge is 2.35. The summed E-state index contributed by atoms with van der Waals surface area (Å²) in [6, 6.07) is 21.5. The molecule has 35 heavy (non-hydrogen) atoms. The number of aromatic nitrogens is 2. The highest BCUT2D eigenvalue weighted by molar-refractivity contribution is 7.80. The fraction of sp³-hybridized carbons (Fsp3) is 0.148. The van der Waals surface area contributed by atoms with Crippen molar-refractivity contribution >= 4 is 28.6 Å². The van der Waals surface area contributed by atoms with E-state index in [0.29, 0.717) is 22.4 Å². The third kappa shape index (κ3) is 4.40. The molecule has 1 N–H and O–H groups in total. The molecule has 0 bridgehead atoms. The lowest BCUT2D eigenvalue weighted by Crippen LogP contribution is -2.46. The normalized spacial score (nSPS) is 15.8. The molecule has 6 nitrogen and oxygen atoms in total. The van der Waals surface area contributed by atoms with Crippen LogP contribution in [0.2, 0.25) is 0 Å². The van der Waals surface area contributed by atoms with Crippen molar-refractivity contribution in [3.05, 3.63) is 101 Å². The zero-order chi connectivity index (χ0) is 24.5. The number of nitrogens with one attached hydrogen (secondary N) is 1. The van der Waals surface area contributed by atoms with E-state index in [2.05, 4.69) is 21.5 Å². The maximum absolute atomic E-state index is 13.4. The van der Waals surface area contributed by atoms with E-state index >= 15 is 0 Å². The Balaban J connectivity index is 1.66. The number of aryl methyl sites for hydroxylation is 1. The Morgan fingerprint density at radius 2 is 1.80 bits per heavy atom. The van der Waals surface area contributed by atoms with Gasteiger partial charge in [0.05, 0.1) is 18.7 Å². The van der Waals surface area contributed by atoms with E-state index in [4.69, 9.17) is 21.5 Å². The molecule has 0 saturated carbocycles. The van der Waals surface area contributed by atoms with E-state index in [0.717, 1.165) is 33.8 Å². The minimum atomic E-state index is -0.347. The first kappa shape index (κ1) is 22.7. The first-order valence-corrected chi connectivity index (χ1v) is 11.5. The maximum Gasteiger partial charge on any atom is 0.258 e. The van der Waals surface area contributed by atoms with Crippen molar-refractivity contribution < 1.29 is 13.7 Å². The van der Waals surface area contributed by atoms with Crippen LogP contribution in [0.3, 0.4) is 0 Å². The van der Waals surface area contributed by atoms with E-state index in [1.165, 1.54) is 12.1 Å². The summed E-state index contributed by atoms with van der Waals surface area (Å²) in [6.07, 6.45) is 0. The van der Waals surface area contributed by atoms with Crippen molar-refractivity contribution in [3.8, 4) is 17.1 Å². The van der Waals surface area contributed by atoms with Crippen molar-refractivity contribution in [2.75, 3.05) is 12.0 Å². The number of benzene rings is 3. The van der Waals surface area contributed by atoms with E-state index in [-0.39, 0.29) is 11.9 Å². The molecule has 1 aliphatic heterocycles. The summed E-state index contributed by atoms with van der Waals surface area (Å²) in [5, 5.41) is 8.18. The van der Waals surface area contributed by atoms with Gasteiger partial charge in [0.15, 0.2) is 5.11 Å². The van der Waals surface area contributed by atoms with Crippen LogP contribution in [0.4, 0.5) is 10.1 Å². The van der Waals surface area contributed by atoms with Gasteiger partial charge in [-0.25, -0.2) is 4.39 Å². The number of nitrogens with zero attached hydrogens (tertiary/aromatic N) is 3. The van der Waals surface area contributed by atoms with Crippen molar-refractivity contribution in [1.29, 1.82) is 0 Å². The van der Waals surface area contributed by atoms with Crippen LogP contribution in [0.1, 0.15) is 30.0 Å². The second-order valence-electron chi connectivity index (χ2n) is 8.26. The average molecular weight is 487 g/mol. The first-order chi connectivity index (χ1) is 16.9. The molecule has 0 spiro atoms. The number of halogens is 1. The van der Waals surface area contributed by atoms with Gasteiger partial charge in [-0.15, -0.1) is 0 Å². The molecule has 1 aromatic heterocycles. The Labute approximate surface area is 208 Å². The van der Waals surface area contributed by atoms with Crippen LogP contribution in [0.5, 0.6) is 5.75 Å². The number of anilines is 1. The molecular formula is C27H23FN4O2S. The van der Waals surface area contributed by atoms with Crippen LogP contribution < -0.4 is 15.0 Å². The predicted octanol–water partition coefficient (Wildman–Crippen LogP) is 6.06. The SMILES string of the molecule is COc1cccc(C2NC(=S)N(c3cccc(C)c3)C(C)=C2c2nc(-c3ccc(F)cc3)no2)c1. The van der Waals surface area contributed by atoms with Crippen LogP contribution in [0.15, 0.2) is 83.0 Å². The summed E-state index contributed by atoms with van der Waals surface area (Å²) in [6.45, 7) is 4.02. The van der Waals surface area contributed by atoms with E-state index in [9.17, 15) is 4.39 Å². The topological polar surface area (TPSA) is 63.4 Å². The Bertz CT molecular complexity index is 1430. The summed E-state index contributed by atoms with van der Waals surface area (Å²) in [5.41, 5.74) is 5.29. The Kier molecular flexibility index (Phi) is 6.05. The molecule has 1 atom stereocenters. The van der Waals surface area contributed by atoms with Gasteiger partial charge in [-0.05, 0) is 85.7 Å². The van der Waals surface area contributed by atoms with Gasteiger partial charge in [-0.1, -0.05) is 29.4 Å². The summed E-state index contributed by atoms with van der Waals surface area (Å²) in [7, 11) is 1.63. The van der Waals surface area contributed by atoms with Gasteiger partial charge in [-0.3, -0.25) is 4.90 Å². The molecular weight excluding hydrogens is 463 g/mol. The zero-order valence-electron chi connectivity index (χ0n) is 19.4. The number of hydrogen-bond donors (Lipinski definition) is 1. The molecule has 1 aliphatic rings. The Hall–Kier alpha value is -4.04. The molecule has 0 aliphatic carbocycles. The third-order valence-corrected chi connectivity index (χ3v) is 6.23. The smallest absolute Gasteiger partial charge is 0.258 e. The predicted molar refractivity (Wildman–Crippen MR) is 137 cm³/mol. The Morgan fingerprint density at radius 1 is 1.03 bits per heavy atom. The first-order valence-electron chi connectivity index (χ1n) is 11.1. The average Bonchev–Trinajstić information content (AvgIpc) is 3.34. The molecule has 8 heteroatoms. The lowest BCUT2D eigenvalue weighted by atomic mass is 9.94. The minimum absolute atomic E-state index is 0.326. The summed E-state index contributed by atoms with van der Waals surface area (Å²) < 4.78 is 24.6. The van der Waals surface area contributed by atoms with Crippen molar-refractivity contribution in [2.24, 2.45) is 0 Å². The fourth-order valence-electron chi connectivity index (χ4n) is 4.22. The van der Waals surface area contributed by atoms with E-state index in [1.54, 1.807) is 19.2 Å². The monoisotopic (exact) mass is 486 g/mol. The quantitative estimate of drug-likeness (QED) is 0.344. The molecule has 0 fully saturated rings. The van der Waals surface area contributed by atoms with Crippen LogP contribution >= 0.6 is 12.2 Å². The highest BCUT2D eigenvalue weighted by Crippen LogP contribution is 2.40. The molecule has 176 valence electrons. The van der Waals surface area contributed by atoms with Gasteiger partial charge in [0, 0.05) is 16.9 Å². The van der Waals surface area contributed by atoms with E-state index in [1.807, 2.05) is 61.2 Å². The number of thiocarbonyl (C=S) groups is 1. The molecule has 5 rings (SSSR count). The van der Waals surface area contributed by atoms with Gasteiger partial charge in [-0.2, -0.15) is 4.98 Å². The fourth-order valence-corrected chi connectivity index (χ4v) is 4.58. The zero-order valence-corrected chi connectivity index (χ0v) is 20.3.